The maximum Gasteiger partial charge on any atom is 0.113 e. The van der Waals surface area contributed by atoms with Gasteiger partial charge in [-0.25, -0.2) is 0 Å². The normalized spacial score (nSPS) is 15.3. The van der Waals surface area contributed by atoms with E-state index in [1.165, 1.54) is 66.4 Å². The van der Waals surface area contributed by atoms with E-state index >= 15 is 0 Å². The second-order valence-corrected chi connectivity index (χ2v) is 22.2. The monoisotopic (exact) mass is 572 g/mol. The molecule has 0 radical (unpaired) electrons. The quantitative estimate of drug-likeness (QED) is 0.183. The van der Waals surface area contributed by atoms with Crippen molar-refractivity contribution in [2.24, 2.45) is 0 Å². The summed E-state index contributed by atoms with van der Waals surface area (Å²) in [6, 6.07) is 42.3. The number of fused-ring (bicyclic) bond motifs is 4. The maximum absolute atomic E-state index is 2.56. The molecule has 2 aliphatic rings. The summed E-state index contributed by atoms with van der Waals surface area (Å²) in [6.45, 7) is 14.6. The van der Waals surface area contributed by atoms with Crippen LogP contribution in [-0.2, 0) is 0 Å². The zero-order valence-electron chi connectivity index (χ0n) is 25.4. The summed E-state index contributed by atoms with van der Waals surface area (Å²) in [5.74, 6) is 0. The van der Waals surface area contributed by atoms with E-state index in [0.717, 1.165) is 0 Å². The Morgan fingerprint density at radius 3 is 1.14 bits per heavy atom. The van der Waals surface area contributed by atoms with Crippen LogP contribution in [0, 0.1) is 13.8 Å². The number of aryl methyl sites for hydroxylation is 2. The molecule has 0 amide bonds. The molecular weight excluding hydrogens is 537 g/mol. The molecule has 0 fully saturated rings. The third-order valence-electron chi connectivity index (χ3n) is 10.2. The minimum absolute atomic E-state index is 1.31. The van der Waals surface area contributed by atoms with Gasteiger partial charge in [-0.1, -0.05) is 147 Å². The van der Waals surface area contributed by atoms with Gasteiger partial charge in [0, 0.05) is 0 Å². The average molecular weight is 573 g/mol. The van der Waals surface area contributed by atoms with Crippen LogP contribution in [0.25, 0.3) is 55.3 Å². The topological polar surface area (TPSA) is 0 Å². The van der Waals surface area contributed by atoms with Gasteiger partial charge in [-0.3, -0.25) is 0 Å². The van der Waals surface area contributed by atoms with Crippen molar-refractivity contribution in [1.82, 2.24) is 0 Å². The Morgan fingerprint density at radius 2 is 0.738 bits per heavy atom. The minimum Gasteiger partial charge on any atom is -0.0620 e. The van der Waals surface area contributed by atoms with Crippen molar-refractivity contribution < 1.29 is 0 Å². The van der Waals surface area contributed by atoms with Crippen LogP contribution in [0.3, 0.4) is 0 Å². The number of hydrogen-bond donors (Lipinski definition) is 0. The van der Waals surface area contributed by atoms with E-state index in [0.29, 0.717) is 0 Å². The predicted molar refractivity (Wildman–Crippen MR) is 189 cm³/mol. The van der Waals surface area contributed by atoms with E-state index in [4.69, 9.17) is 0 Å². The van der Waals surface area contributed by atoms with Crippen molar-refractivity contribution >= 4 is 47.7 Å². The summed E-state index contributed by atoms with van der Waals surface area (Å²) >= 11 is 0. The Bertz CT molecular complexity index is 1960. The fourth-order valence-corrected chi connectivity index (χ4v) is 14.0. The van der Waals surface area contributed by atoms with Gasteiger partial charge < -0.3 is 0 Å². The van der Waals surface area contributed by atoms with Gasteiger partial charge in [0.25, 0.3) is 0 Å². The lowest BCUT2D eigenvalue weighted by atomic mass is 9.89. The Kier molecular flexibility index (Phi) is 5.36. The number of rotatable bonds is 2. The van der Waals surface area contributed by atoms with Crippen LogP contribution in [0.15, 0.2) is 109 Å². The van der Waals surface area contributed by atoms with Gasteiger partial charge in [-0.15, -0.1) is 0 Å². The Labute approximate surface area is 251 Å². The highest BCUT2D eigenvalue weighted by Crippen LogP contribution is 2.41. The molecule has 2 aliphatic heterocycles. The first-order valence-corrected chi connectivity index (χ1v) is 21.2. The number of benzene rings is 6. The van der Waals surface area contributed by atoms with Crippen LogP contribution < -0.4 is 20.7 Å². The van der Waals surface area contributed by atoms with Gasteiger partial charge in [0.05, 0.1) is 0 Å². The molecule has 0 aliphatic carbocycles. The van der Waals surface area contributed by atoms with E-state index in [9.17, 15) is 0 Å². The van der Waals surface area contributed by atoms with Crippen LogP contribution in [-0.4, -0.2) is 16.1 Å². The van der Waals surface area contributed by atoms with Gasteiger partial charge in [-0.2, -0.15) is 0 Å². The molecule has 0 saturated heterocycles. The van der Waals surface area contributed by atoms with Crippen molar-refractivity contribution in [2.45, 2.75) is 40.0 Å². The average Bonchev–Trinajstić information content (AvgIpc) is 2.98. The molecule has 6 aromatic rings. The van der Waals surface area contributed by atoms with Crippen LogP contribution in [0.1, 0.15) is 11.1 Å². The van der Waals surface area contributed by atoms with E-state index in [-0.39, 0.29) is 0 Å². The molecule has 0 bridgehead atoms. The van der Waals surface area contributed by atoms with Gasteiger partial charge in [-0.05, 0) is 89.9 Å². The largest absolute Gasteiger partial charge is 0.113 e. The predicted octanol–water partition coefficient (Wildman–Crippen LogP) is 8.40. The fraction of sp³-hybridized carbons (Fsp3) is 0.150. The van der Waals surface area contributed by atoms with E-state index in [1.807, 2.05) is 0 Å². The summed E-state index contributed by atoms with van der Waals surface area (Å²) in [7, 11) is -3.91. The highest BCUT2D eigenvalue weighted by molar-refractivity contribution is 7.05. The summed E-state index contributed by atoms with van der Waals surface area (Å²) in [4.78, 5) is 0. The van der Waals surface area contributed by atoms with Gasteiger partial charge in [0.15, 0.2) is 0 Å². The molecule has 8 rings (SSSR count). The van der Waals surface area contributed by atoms with Crippen LogP contribution in [0.5, 0.6) is 0 Å². The molecule has 0 unspecified atom stereocenters. The molecule has 204 valence electrons. The zero-order valence-corrected chi connectivity index (χ0v) is 27.4. The molecule has 2 heteroatoms. The Morgan fingerprint density at radius 1 is 0.357 bits per heavy atom. The molecule has 0 spiro atoms. The molecule has 2 heterocycles. The highest BCUT2D eigenvalue weighted by atomic mass is 28.3. The lowest BCUT2D eigenvalue weighted by molar-refractivity contribution is 1.47. The van der Waals surface area contributed by atoms with Crippen molar-refractivity contribution in [3.05, 3.63) is 120 Å². The molecule has 0 aromatic heterocycles. The Balaban J connectivity index is 1.37. The lowest BCUT2D eigenvalue weighted by Crippen LogP contribution is -2.59. The molecule has 0 nitrogen and oxygen atoms in total. The highest BCUT2D eigenvalue weighted by Gasteiger charge is 2.41. The van der Waals surface area contributed by atoms with E-state index in [2.05, 4.69) is 149 Å². The molecule has 0 N–H and O–H groups in total. The minimum atomic E-state index is -1.96. The summed E-state index contributed by atoms with van der Waals surface area (Å²) in [5, 5.41) is 9.38. The standard InChI is InChI=1S/C40H36Si2/c1-25-9-7-11-27(21-25)29-13-15-31-33-17-18-34-32-16-14-30(28-12-8-10-26(2)22-28)24-38(32)42(5,6)36-20-19-35(39(33)40(34)36)41(3,4)37(31)23-29/h7-24H,1-6H3. The molecular formula is C40H36Si2. The van der Waals surface area contributed by atoms with E-state index in [1.54, 1.807) is 20.7 Å². The first-order chi connectivity index (χ1) is 20.1. The van der Waals surface area contributed by atoms with Gasteiger partial charge in [0.1, 0.15) is 16.1 Å². The lowest BCUT2D eigenvalue weighted by Gasteiger charge is -2.39. The second kappa shape index (κ2) is 8.76. The van der Waals surface area contributed by atoms with E-state index < -0.39 is 16.1 Å². The number of hydrogen-bond acceptors (Lipinski definition) is 0. The molecule has 42 heavy (non-hydrogen) atoms. The summed E-state index contributed by atoms with van der Waals surface area (Å²) in [6.07, 6.45) is 0. The third kappa shape index (κ3) is 3.52. The van der Waals surface area contributed by atoms with Crippen LogP contribution in [0.2, 0.25) is 26.2 Å². The SMILES string of the molecule is Cc1cccc(-c2ccc3c(c2)[Si](C)(C)c2ccc4c5c(ccc-3c25)-c2ccc(-c3cccc(C)c3)cc2[Si]4(C)C)c1. The third-order valence-corrected chi connectivity index (χ3v) is 17.2. The van der Waals surface area contributed by atoms with Gasteiger partial charge in [0.2, 0.25) is 0 Å². The molecule has 6 aromatic carbocycles. The van der Waals surface area contributed by atoms with Crippen LogP contribution in [0.4, 0.5) is 0 Å². The van der Waals surface area contributed by atoms with Crippen molar-refractivity contribution in [3.63, 3.8) is 0 Å². The molecule has 0 saturated carbocycles. The first-order valence-electron chi connectivity index (χ1n) is 15.2. The second-order valence-electron chi connectivity index (χ2n) is 13.6. The first kappa shape index (κ1) is 25.7. The fourth-order valence-electron chi connectivity index (χ4n) is 7.88. The Hall–Kier alpha value is -3.99. The maximum atomic E-state index is 2.56. The van der Waals surface area contributed by atoms with Crippen molar-refractivity contribution in [3.8, 4) is 44.5 Å². The summed E-state index contributed by atoms with van der Waals surface area (Å²) in [5.41, 5.74) is 13.6. The van der Waals surface area contributed by atoms with Crippen LogP contribution >= 0.6 is 0 Å². The zero-order chi connectivity index (χ0) is 29.0. The van der Waals surface area contributed by atoms with Gasteiger partial charge >= 0.3 is 0 Å². The molecule has 0 atom stereocenters. The van der Waals surface area contributed by atoms with Crippen molar-refractivity contribution in [2.75, 3.05) is 0 Å². The summed E-state index contributed by atoms with van der Waals surface area (Å²) < 4.78 is 0. The smallest absolute Gasteiger partial charge is 0.0620 e. The van der Waals surface area contributed by atoms with Crippen molar-refractivity contribution in [1.29, 1.82) is 0 Å².